The molecular formula is C13H23NO3. The SMILES string of the molecule is CCCCCCC(C)OC(=O)[C@@H]1CCC(=O)N1. The first-order valence-electron chi connectivity index (χ1n) is 6.63. The molecule has 0 radical (unpaired) electrons. The van der Waals surface area contributed by atoms with Gasteiger partial charge in [-0.3, -0.25) is 4.79 Å². The van der Waals surface area contributed by atoms with Gasteiger partial charge in [0.2, 0.25) is 5.91 Å². The Hall–Kier alpha value is -1.06. The molecule has 1 N–H and O–H groups in total. The van der Waals surface area contributed by atoms with Gasteiger partial charge < -0.3 is 10.1 Å². The maximum absolute atomic E-state index is 11.7. The lowest BCUT2D eigenvalue weighted by Crippen LogP contribution is -2.36. The first-order chi connectivity index (χ1) is 8.13. The normalized spacial score (nSPS) is 21.1. The molecule has 1 saturated heterocycles. The zero-order chi connectivity index (χ0) is 12.7. The summed E-state index contributed by atoms with van der Waals surface area (Å²) in [6.45, 7) is 4.09. The van der Waals surface area contributed by atoms with Crippen molar-refractivity contribution in [3.63, 3.8) is 0 Å². The second kappa shape index (κ2) is 7.30. The van der Waals surface area contributed by atoms with Crippen LogP contribution in [0, 0.1) is 0 Å². The van der Waals surface area contributed by atoms with Gasteiger partial charge in [-0.1, -0.05) is 26.2 Å². The van der Waals surface area contributed by atoms with Gasteiger partial charge in [0.15, 0.2) is 0 Å². The van der Waals surface area contributed by atoms with Crippen LogP contribution in [-0.4, -0.2) is 24.0 Å². The number of hydrogen-bond acceptors (Lipinski definition) is 3. The van der Waals surface area contributed by atoms with E-state index in [0.717, 1.165) is 12.8 Å². The molecule has 0 aromatic carbocycles. The Morgan fingerprint density at radius 2 is 2.24 bits per heavy atom. The largest absolute Gasteiger partial charge is 0.461 e. The van der Waals surface area contributed by atoms with Crippen LogP contribution in [0.4, 0.5) is 0 Å². The molecule has 2 atom stereocenters. The third kappa shape index (κ3) is 5.20. The summed E-state index contributed by atoms with van der Waals surface area (Å²) in [5.74, 6) is -0.332. The molecule has 17 heavy (non-hydrogen) atoms. The predicted molar refractivity (Wildman–Crippen MR) is 65.5 cm³/mol. The third-order valence-electron chi connectivity index (χ3n) is 3.06. The van der Waals surface area contributed by atoms with Gasteiger partial charge in [-0.15, -0.1) is 0 Å². The van der Waals surface area contributed by atoms with Crippen molar-refractivity contribution in [1.82, 2.24) is 5.32 Å². The van der Waals surface area contributed by atoms with E-state index in [-0.39, 0.29) is 18.0 Å². The van der Waals surface area contributed by atoms with Crippen molar-refractivity contribution in [3.8, 4) is 0 Å². The van der Waals surface area contributed by atoms with Crippen molar-refractivity contribution in [1.29, 1.82) is 0 Å². The minimum absolute atomic E-state index is 0.0446. The molecule has 1 heterocycles. The minimum Gasteiger partial charge on any atom is -0.461 e. The predicted octanol–water partition coefficient (Wildman–Crippen LogP) is 2.17. The topological polar surface area (TPSA) is 55.4 Å². The molecule has 1 aliphatic rings. The van der Waals surface area contributed by atoms with Crippen LogP contribution in [-0.2, 0) is 14.3 Å². The van der Waals surface area contributed by atoms with Gasteiger partial charge in [0, 0.05) is 6.42 Å². The fourth-order valence-corrected chi connectivity index (χ4v) is 1.99. The van der Waals surface area contributed by atoms with Gasteiger partial charge in [-0.05, 0) is 26.2 Å². The zero-order valence-corrected chi connectivity index (χ0v) is 10.8. The maximum Gasteiger partial charge on any atom is 0.328 e. The van der Waals surface area contributed by atoms with E-state index in [0.29, 0.717) is 12.8 Å². The Morgan fingerprint density at radius 3 is 2.82 bits per heavy atom. The summed E-state index contributed by atoms with van der Waals surface area (Å²) < 4.78 is 5.31. The lowest BCUT2D eigenvalue weighted by atomic mass is 10.1. The first kappa shape index (κ1) is 14.0. The Labute approximate surface area is 103 Å². The molecule has 0 saturated carbocycles. The lowest BCUT2D eigenvalue weighted by Gasteiger charge is -2.16. The van der Waals surface area contributed by atoms with E-state index in [9.17, 15) is 9.59 Å². The fraction of sp³-hybridized carbons (Fsp3) is 0.846. The van der Waals surface area contributed by atoms with Crippen LogP contribution in [0.3, 0.4) is 0 Å². The molecule has 4 nitrogen and oxygen atoms in total. The number of carbonyl (C=O) groups is 2. The van der Waals surface area contributed by atoms with E-state index in [4.69, 9.17) is 4.74 Å². The van der Waals surface area contributed by atoms with Crippen molar-refractivity contribution in [2.75, 3.05) is 0 Å². The number of hydrogen-bond donors (Lipinski definition) is 1. The Bertz CT molecular complexity index is 265. The third-order valence-corrected chi connectivity index (χ3v) is 3.06. The van der Waals surface area contributed by atoms with Gasteiger partial charge in [0.1, 0.15) is 6.04 Å². The summed E-state index contributed by atoms with van der Waals surface area (Å²) in [7, 11) is 0. The van der Waals surface area contributed by atoms with Crippen LogP contribution >= 0.6 is 0 Å². The molecule has 0 aromatic heterocycles. The van der Waals surface area contributed by atoms with E-state index in [2.05, 4.69) is 12.2 Å². The molecule has 98 valence electrons. The van der Waals surface area contributed by atoms with E-state index in [1.165, 1.54) is 19.3 Å². The van der Waals surface area contributed by atoms with Crippen molar-refractivity contribution >= 4 is 11.9 Å². The average molecular weight is 241 g/mol. The molecule has 0 aliphatic carbocycles. The summed E-state index contributed by atoms with van der Waals surface area (Å²) in [5, 5.41) is 2.62. The molecule has 4 heteroatoms. The van der Waals surface area contributed by atoms with Crippen molar-refractivity contribution in [3.05, 3.63) is 0 Å². The average Bonchev–Trinajstić information content (AvgIpc) is 2.71. The van der Waals surface area contributed by atoms with Crippen LogP contribution in [0.1, 0.15) is 58.8 Å². The van der Waals surface area contributed by atoms with Gasteiger partial charge in [-0.2, -0.15) is 0 Å². The van der Waals surface area contributed by atoms with Crippen LogP contribution in [0.25, 0.3) is 0 Å². The number of nitrogens with one attached hydrogen (secondary N) is 1. The molecule has 0 aromatic rings. The molecule has 0 bridgehead atoms. The summed E-state index contributed by atoms with van der Waals surface area (Å²) in [4.78, 5) is 22.6. The smallest absolute Gasteiger partial charge is 0.328 e. The summed E-state index contributed by atoms with van der Waals surface area (Å²) >= 11 is 0. The van der Waals surface area contributed by atoms with Crippen LogP contribution < -0.4 is 5.32 Å². The summed E-state index contributed by atoms with van der Waals surface area (Å²) in [5.41, 5.74) is 0. The standard InChI is InChI=1S/C13H23NO3/c1-3-4-5-6-7-10(2)17-13(16)11-8-9-12(15)14-11/h10-11H,3-9H2,1-2H3,(H,14,15)/t10?,11-/m0/s1. The molecule has 1 aliphatic heterocycles. The zero-order valence-electron chi connectivity index (χ0n) is 10.8. The van der Waals surface area contributed by atoms with Crippen molar-refractivity contribution in [2.45, 2.75) is 70.9 Å². The van der Waals surface area contributed by atoms with Crippen molar-refractivity contribution in [2.24, 2.45) is 0 Å². The van der Waals surface area contributed by atoms with E-state index < -0.39 is 6.04 Å². The van der Waals surface area contributed by atoms with Crippen LogP contribution in [0.2, 0.25) is 0 Å². The van der Waals surface area contributed by atoms with Gasteiger partial charge >= 0.3 is 5.97 Å². The highest BCUT2D eigenvalue weighted by molar-refractivity contribution is 5.88. The van der Waals surface area contributed by atoms with E-state index in [1.807, 2.05) is 6.92 Å². The molecule has 1 fully saturated rings. The highest BCUT2D eigenvalue weighted by atomic mass is 16.5. The molecule has 1 rings (SSSR count). The Morgan fingerprint density at radius 1 is 1.47 bits per heavy atom. The second-order valence-electron chi connectivity index (χ2n) is 4.76. The fourth-order valence-electron chi connectivity index (χ4n) is 1.99. The highest BCUT2D eigenvalue weighted by Gasteiger charge is 2.29. The quantitative estimate of drug-likeness (QED) is 0.549. The summed E-state index contributed by atoms with van der Waals surface area (Å²) in [6, 6.07) is -0.416. The number of unbranched alkanes of at least 4 members (excludes halogenated alkanes) is 3. The van der Waals surface area contributed by atoms with Crippen LogP contribution in [0.15, 0.2) is 0 Å². The lowest BCUT2D eigenvalue weighted by molar-refractivity contribution is -0.151. The van der Waals surface area contributed by atoms with Gasteiger partial charge in [0.05, 0.1) is 6.10 Å². The second-order valence-corrected chi connectivity index (χ2v) is 4.76. The summed E-state index contributed by atoms with van der Waals surface area (Å²) in [6.07, 6.45) is 6.60. The van der Waals surface area contributed by atoms with Gasteiger partial charge in [-0.25, -0.2) is 4.79 Å². The Kier molecular flexibility index (Phi) is 6.01. The van der Waals surface area contributed by atoms with Gasteiger partial charge in [0.25, 0.3) is 0 Å². The molecule has 1 amide bonds. The monoisotopic (exact) mass is 241 g/mol. The number of esters is 1. The number of ether oxygens (including phenoxy) is 1. The molecular weight excluding hydrogens is 218 g/mol. The number of amides is 1. The Balaban J connectivity index is 2.14. The first-order valence-corrected chi connectivity index (χ1v) is 6.63. The van der Waals surface area contributed by atoms with E-state index in [1.54, 1.807) is 0 Å². The van der Waals surface area contributed by atoms with E-state index >= 15 is 0 Å². The number of rotatable bonds is 7. The molecule has 1 unspecified atom stereocenters. The minimum atomic E-state index is -0.416. The maximum atomic E-state index is 11.7. The van der Waals surface area contributed by atoms with Crippen LogP contribution in [0.5, 0.6) is 0 Å². The number of carbonyl (C=O) groups excluding carboxylic acids is 2. The van der Waals surface area contributed by atoms with Crippen molar-refractivity contribution < 1.29 is 14.3 Å². The highest BCUT2D eigenvalue weighted by Crippen LogP contribution is 2.12. The molecule has 0 spiro atoms.